The number of fused-ring (bicyclic) bond motifs is 6. The number of rotatable bonds is 7. The summed E-state index contributed by atoms with van der Waals surface area (Å²) in [6.07, 6.45) is 0. The van der Waals surface area contributed by atoms with Crippen LogP contribution >= 0.6 is 0 Å². The van der Waals surface area contributed by atoms with E-state index in [2.05, 4.69) is 235 Å². The first-order valence-corrected chi connectivity index (χ1v) is 22.2. The monoisotopic (exact) mass is 766 g/mol. The van der Waals surface area contributed by atoms with Gasteiger partial charge in [0.15, 0.2) is 8.07 Å². The van der Waals surface area contributed by atoms with E-state index in [-0.39, 0.29) is 0 Å². The summed E-state index contributed by atoms with van der Waals surface area (Å²) < 4.78 is 2.33. The summed E-state index contributed by atoms with van der Waals surface area (Å²) in [5.41, 5.74) is 10.8. The average molecular weight is 767 g/mol. The zero-order chi connectivity index (χ0) is 39.4. The zero-order valence-corrected chi connectivity index (χ0v) is 33.3. The van der Waals surface area contributed by atoms with Gasteiger partial charge in [-0.1, -0.05) is 188 Å². The minimum atomic E-state index is -2.74. The van der Waals surface area contributed by atoms with E-state index in [9.17, 15) is 5.26 Å². The summed E-state index contributed by atoms with van der Waals surface area (Å²) in [5.74, 6) is 0. The zero-order valence-electron chi connectivity index (χ0n) is 32.3. The van der Waals surface area contributed by atoms with Gasteiger partial charge in [-0.25, -0.2) is 0 Å². The minimum Gasteiger partial charge on any atom is -0.309 e. The van der Waals surface area contributed by atoms with Crippen molar-refractivity contribution in [2.75, 3.05) is 0 Å². The maximum absolute atomic E-state index is 10.1. The molecule has 3 heteroatoms. The highest BCUT2D eigenvalue weighted by Gasteiger charge is 2.47. The van der Waals surface area contributed by atoms with Crippen LogP contribution in [0.15, 0.2) is 231 Å². The highest BCUT2D eigenvalue weighted by atomic mass is 28.3. The Labute approximate surface area is 345 Å². The van der Waals surface area contributed by atoms with Crippen molar-refractivity contribution in [3.8, 4) is 22.9 Å². The van der Waals surface area contributed by atoms with E-state index < -0.39 is 13.5 Å². The molecule has 0 unspecified atom stereocenters. The molecule has 59 heavy (non-hydrogen) atoms. The lowest BCUT2D eigenvalue weighted by atomic mass is 9.67. The lowest BCUT2D eigenvalue weighted by molar-refractivity contribution is 0.770. The van der Waals surface area contributed by atoms with Gasteiger partial charge in [-0.15, -0.1) is 0 Å². The first-order chi connectivity index (χ1) is 29.2. The van der Waals surface area contributed by atoms with E-state index in [4.69, 9.17) is 0 Å². The molecule has 0 N–H and O–H groups in total. The van der Waals surface area contributed by atoms with Crippen LogP contribution in [0.1, 0.15) is 27.8 Å². The predicted octanol–water partition coefficient (Wildman–Crippen LogP) is 10.4. The fourth-order valence-electron chi connectivity index (χ4n) is 10.2. The topological polar surface area (TPSA) is 28.7 Å². The molecule has 0 fully saturated rings. The molecule has 1 aliphatic rings. The van der Waals surface area contributed by atoms with Crippen molar-refractivity contribution in [3.63, 3.8) is 0 Å². The Bertz CT molecular complexity index is 3060. The van der Waals surface area contributed by atoms with Gasteiger partial charge in [0.05, 0.1) is 28.1 Å². The van der Waals surface area contributed by atoms with Gasteiger partial charge in [-0.2, -0.15) is 5.26 Å². The van der Waals surface area contributed by atoms with Crippen molar-refractivity contribution >= 4 is 50.6 Å². The Kier molecular flexibility index (Phi) is 8.15. The number of para-hydroxylation sites is 1. The largest absolute Gasteiger partial charge is 0.309 e. The van der Waals surface area contributed by atoms with E-state index in [1.807, 2.05) is 6.07 Å². The summed E-state index contributed by atoms with van der Waals surface area (Å²) in [7, 11) is -2.74. The Hall–Kier alpha value is -7.51. The third kappa shape index (κ3) is 5.10. The molecule has 1 heterocycles. The second kappa shape index (κ2) is 13.8. The molecule has 0 saturated heterocycles. The van der Waals surface area contributed by atoms with Crippen LogP contribution in [0.2, 0.25) is 0 Å². The number of hydrogen-bond acceptors (Lipinski definition) is 1. The average Bonchev–Trinajstić information content (AvgIpc) is 3.81. The van der Waals surface area contributed by atoms with E-state index in [0.29, 0.717) is 5.56 Å². The fraction of sp³-hybridized carbons (Fsp3) is 0.0179. The third-order valence-corrected chi connectivity index (χ3v) is 17.5. The lowest BCUT2D eigenvalue weighted by Gasteiger charge is -2.36. The van der Waals surface area contributed by atoms with Crippen molar-refractivity contribution in [2.45, 2.75) is 5.41 Å². The van der Waals surface area contributed by atoms with Crippen molar-refractivity contribution < 1.29 is 0 Å². The Balaban J connectivity index is 1.21. The quantitative estimate of drug-likeness (QED) is 0.117. The number of nitrogens with zero attached hydrogens (tertiary/aromatic N) is 2. The van der Waals surface area contributed by atoms with Crippen LogP contribution in [-0.4, -0.2) is 12.6 Å². The molecule has 9 aromatic carbocycles. The van der Waals surface area contributed by atoms with E-state index in [0.717, 1.165) is 27.5 Å². The molecule has 1 aromatic heterocycles. The molecular formula is C56H38N2Si. The van der Waals surface area contributed by atoms with Gasteiger partial charge in [-0.05, 0) is 96.6 Å². The fourth-order valence-corrected chi connectivity index (χ4v) is 15.0. The van der Waals surface area contributed by atoms with Crippen LogP contribution in [0.3, 0.4) is 0 Å². The summed E-state index contributed by atoms with van der Waals surface area (Å²) in [5, 5.41) is 17.7. The van der Waals surface area contributed by atoms with Gasteiger partial charge >= 0.3 is 0 Å². The number of benzene rings is 9. The first kappa shape index (κ1) is 34.7. The first-order valence-electron chi connectivity index (χ1n) is 20.2. The second-order valence-electron chi connectivity index (χ2n) is 15.5. The van der Waals surface area contributed by atoms with Crippen molar-refractivity contribution in [1.29, 1.82) is 5.26 Å². The van der Waals surface area contributed by atoms with E-state index in [1.165, 1.54) is 54.1 Å². The van der Waals surface area contributed by atoms with Gasteiger partial charge in [-0.3, -0.25) is 0 Å². The molecule has 2 nitrogen and oxygen atoms in total. The van der Waals surface area contributed by atoms with Crippen molar-refractivity contribution in [3.05, 3.63) is 258 Å². The molecule has 10 aromatic rings. The molecule has 0 saturated carbocycles. The molecule has 0 atom stereocenters. The summed E-state index contributed by atoms with van der Waals surface area (Å²) in [6.45, 7) is 0. The smallest absolute Gasteiger partial charge is 0.179 e. The Morgan fingerprint density at radius 1 is 0.390 bits per heavy atom. The normalized spacial score (nSPS) is 12.9. The van der Waals surface area contributed by atoms with Crippen LogP contribution in [0.4, 0.5) is 0 Å². The van der Waals surface area contributed by atoms with Crippen LogP contribution in [0.5, 0.6) is 0 Å². The van der Waals surface area contributed by atoms with Crippen LogP contribution in [0, 0.1) is 11.3 Å². The van der Waals surface area contributed by atoms with Gasteiger partial charge < -0.3 is 4.57 Å². The third-order valence-electron chi connectivity index (χ3n) is 12.7. The van der Waals surface area contributed by atoms with Crippen LogP contribution < -0.4 is 20.7 Å². The van der Waals surface area contributed by atoms with E-state index in [1.54, 1.807) is 0 Å². The lowest BCUT2D eigenvalue weighted by Crippen LogP contribution is -2.74. The molecule has 1 aliphatic carbocycles. The molecule has 0 amide bonds. The molecule has 276 valence electrons. The molecular weight excluding hydrogens is 729 g/mol. The Morgan fingerprint density at radius 2 is 0.814 bits per heavy atom. The van der Waals surface area contributed by atoms with Gasteiger partial charge in [0.2, 0.25) is 0 Å². The second-order valence-corrected chi connectivity index (χ2v) is 19.3. The molecule has 0 spiro atoms. The minimum absolute atomic E-state index is 0.607. The van der Waals surface area contributed by atoms with Crippen molar-refractivity contribution in [1.82, 2.24) is 4.57 Å². The standard InChI is InChI=1S/C56H38N2Si/c57-39-40-29-35-54-50(37-40)51-38-42(32-36-55(51)58(54)43-17-5-1-6-18-43)56(52-27-15-13-25-48(52)49-26-14-16-28-53(49)56)41-30-33-47(34-31-41)59(44-19-7-2-8-20-44,45-21-9-3-10-22-45)46-23-11-4-12-24-46/h1-38H. The maximum Gasteiger partial charge on any atom is 0.179 e. The number of nitriles is 1. The van der Waals surface area contributed by atoms with Gasteiger partial charge in [0, 0.05) is 16.5 Å². The van der Waals surface area contributed by atoms with Crippen molar-refractivity contribution in [2.24, 2.45) is 0 Å². The van der Waals surface area contributed by atoms with Crippen LogP contribution in [-0.2, 0) is 5.41 Å². The molecule has 0 bridgehead atoms. The molecule has 11 rings (SSSR count). The highest BCUT2D eigenvalue weighted by molar-refractivity contribution is 7.19. The molecule has 0 aliphatic heterocycles. The summed E-state index contributed by atoms with van der Waals surface area (Å²) >= 11 is 0. The number of aromatic nitrogens is 1. The Morgan fingerprint density at radius 3 is 1.34 bits per heavy atom. The van der Waals surface area contributed by atoms with E-state index >= 15 is 0 Å². The SMILES string of the molecule is N#Cc1ccc2c(c1)c1cc(C3(c4ccc([Si](c5ccccc5)(c5ccccc5)c5ccccc5)cc4)c4ccccc4-c4ccccc43)ccc1n2-c1ccccc1. The van der Waals surface area contributed by atoms with Crippen LogP contribution in [0.25, 0.3) is 38.6 Å². The number of hydrogen-bond donors (Lipinski definition) is 0. The van der Waals surface area contributed by atoms with Gasteiger partial charge in [0.25, 0.3) is 0 Å². The highest BCUT2D eigenvalue weighted by Crippen LogP contribution is 2.56. The predicted molar refractivity (Wildman–Crippen MR) is 246 cm³/mol. The summed E-state index contributed by atoms with van der Waals surface area (Å²) in [4.78, 5) is 0. The van der Waals surface area contributed by atoms with Gasteiger partial charge in [0.1, 0.15) is 0 Å². The molecule has 0 radical (unpaired) electrons. The summed E-state index contributed by atoms with van der Waals surface area (Å²) in [6, 6.07) is 87.0. The maximum atomic E-state index is 10.1.